The van der Waals surface area contributed by atoms with Crippen LogP contribution in [-0.2, 0) is 5.41 Å². The monoisotopic (exact) mass is 342 g/mol. The first-order chi connectivity index (χ1) is 11.0. The number of rotatable bonds is 4. The number of likely N-dealkylation sites (tertiary alicyclic amines) is 1. The number of halogens is 3. The lowest BCUT2D eigenvalue weighted by Gasteiger charge is -2.47. The van der Waals surface area contributed by atoms with E-state index in [9.17, 15) is 13.2 Å². The van der Waals surface area contributed by atoms with E-state index >= 15 is 0 Å². The van der Waals surface area contributed by atoms with Gasteiger partial charge in [-0.2, -0.15) is 13.2 Å². The second-order valence-corrected chi connectivity index (χ2v) is 8.02. The fourth-order valence-electron chi connectivity index (χ4n) is 3.52. The third-order valence-corrected chi connectivity index (χ3v) is 5.12. The molecular formula is C19H29F3N2. The van der Waals surface area contributed by atoms with Crippen molar-refractivity contribution in [3.63, 3.8) is 0 Å². The van der Waals surface area contributed by atoms with Gasteiger partial charge in [-0.3, -0.25) is 4.90 Å². The number of hydrogen-bond donors (Lipinski definition) is 1. The molecule has 0 unspecified atom stereocenters. The Balaban J connectivity index is 2.15. The predicted octanol–water partition coefficient (Wildman–Crippen LogP) is 4.28. The van der Waals surface area contributed by atoms with Gasteiger partial charge in [-0.1, -0.05) is 29.8 Å². The summed E-state index contributed by atoms with van der Waals surface area (Å²) in [7, 11) is 0. The van der Waals surface area contributed by atoms with Gasteiger partial charge in [0.05, 0.1) is 6.54 Å². The number of piperidine rings is 1. The maximum absolute atomic E-state index is 12.5. The molecule has 0 spiro atoms. The summed E-state index contributed by atoms with van der Waals surface area (Å²) in [4.78, 5) is 2.42. The molecular weight excluding hydrogens is 313 g/mol. The van der Waals surface area contributed by atoms with Crippen LogP contribution < -0.4 is 5.32 Å². The van der Waals surface area contributed by atoms with E-state index < -0.39 is 12.7 Å². The van der Waals surface area contributed by atoms with Crippen LogP contribution in [0.2, 0.25) is 0 Å². The van der Waals surface area contributed by atoms with E-state index in [4.69, 9.17) is 0 Å². The minimum absolute atomic E-state index is 0.0961. The molecule has 1 heterocycles. The van der Waals surface area contributed by atoms with Crippen molar-refractivity contribution in [2.45, 2.75) is 57.7 Å². The van der Waals surface area contributed by atoms with E-state index in [1.54, 1.807) is 0 Å². The molecule has 0 aliphatic carbocycles. The fourth-order valence-corrected chi connectivity index (χ4v) is 3.52. The first kappa shape index (κ1) is 19.3. The second-order valence-electron chi connectivity index (χ2n) is 8.02. The number of nitrogens with zero attached hydrogens (tertiary/aromatic N) is 1. The first-order valence-corrected chi connectivity index (χ1v) is 8.62. The minimum Gasteiger partial charge on any atom is -0.308 e. The maximum Gasteiger partial charge on any atom is 0.401 e. The molecule has 0 atom stereocenters. The summed E-state index contributed by atoms with van der Waals surface area (Å²) in [6.07, 6.45) is -2.42. The molecule has 1 aliphatic rings. The van der Waals surface area contributed by atoms with Gasteiger partial charge in [-0.25, -0.2) is 0 Å². The van der Waals surface area contributed by atoms with Crippen molar-refractivity contribution in [1.29, 1.82) is 0 Å². The highest BCUT2D eigenvalue weighted by Crippen LogP contribution is 2.37. The molecule has 24 heavy (non-hydrogen) atoms. The van der Waals surface area contributed by atoms with E-state index in [-0.39, 0.29) is 11.0 Å². The van der Waals surface area contributed by atoms with Crippen molar-refractivity contribution in [2.24, 2.45) is 0 Å². The molecule has 1 N–H and O–H groups in total. The topological polar surface area (TPSA) is 15.3 Å². The van der Waals surface area contributed by atoms with Crippen molar-refractivity contribution < 1.29 is 13.2 Å². The highest BCUT2D eigenvalue weighted by atomic mass is 19.4. The summed E-state index contributed by atoms with van der Waals surface area (Å²) in [5, 5.41) is 2.66. The van der Waals surface area contributed by atoms with Crippen LogP contribution in [0.5, 0.6) is 0 Å². The van der Waals surface area contributed by atoms with E-state index in [2.05, 4.69) is 55.3 Å². The van der Waals surface area contributed by atoms with Crippen LogP contribution in [0.4, 0.5) is 13.2 Å². The molecule has 0 saturated carbocycles. The van der Waals surface area contributed by atoms with Crippen molar-refractivity contribution in [3.8, 4) is 0 Å². The molecule has 1 aromatic rings. The van der Waals surface area contributed by atoms with Crippen LogP contribution in [0.25, 0.3) is 0 Å². The lowest BCUT2D eigenvalue weighted by molar-refractivity contribution is -0.125. The van der Waals surface area contributed by atoms with Gasteiger partial charge in [0.1, 0.15) is 0 Å². The summed E-state index contributed by atoms with van der Waals surface area (Å²) in [6.45, 7) is 9.85. The quantitative estimate of drug-likeness (QED) is 0.879. The number of aryl methyl sites for hydroxylation is 1. The summed E-state index contributed by atoms with van der Waals surface area (Å²) >= 11 is 0. The zero-order valence-corrected chi connectivity index (χ0v) is 15.1. The highest BCUT2D eigenvalue weighted by molar-refractivity contribution is 5.30. The van der Waals surface area contributed by atoms with Crippen molar-refractivity contribution >= 4 is 0 Å². The SMILES string of the molecule is Cc1ccc(C2(CNCC(F)(F)F)CCN(C(C)(C)C)CC2)cc1. The molecule has 1 fully saturated rings. The van der Waals surface area contributed by atoms with E-state index in [0.717, 1.165) is 31.5 Å². The molecule has 0 amide bonds. The van der Waals surface area contributed by atoms with Crippen molar-refractivity contribution in [2.75, 3.05) is 26.2 Å². The normalized spacial score (nSPS) is 19.5. The summed E-state index contributed by atoms with van der Waals surface area (Å²) < 4.78 is 37.6. The summed E-state index contributed by atoms with van der Waals surface area (Å²) in [5.74, 6) is 0. The molecule has 136 valence electrons. The number of alkyl halides is 3. The Morgan fingerprint density at radius 2 is 1.58 bits per heavy atom. The smallest absolute Gasteiger partial charge is 0.308 e. The molecule has 2 rings (SSSR count). The molecule has 0 radical (unpaired) electrons. The van der Waals surface area contributed by atoms with Crippen LogP contribution in [0.1, 0.15) is 44.7 Å². The molecule has 2 nitrogen and oxygen atoms in total. The third kappa shape index (κ3) is 4.96. The molecule has 1 aromatic carbocycles. The van der Waals surface area contributed by atoms with Gasteiger partial charge in [-0.15, -0.1) is 0 Å². The molecule has 1 saturated heterocycles. The predicted molar refractivity (Wildman–Crippen MR) is 92.3 cm³/mol. The lowest BCUT2D eigenvalue weighted by atomic mass is 9.72. The average molecular weight is 342 g/mol. The number of benzene rings is 1. The van der Waals surface area contributed by atoms with Gasteiger partial charge in [0.15, 0.2) is 0 Å². The summed E-state index contributed by atoms with van der Waals surface area (Å²) in [5.41, 5.74) is 2.19. The highest BCUT2D eigenvalue weighted by Gasteiger charge is 2.39. The largest absolute Gasteiger partial charge is 0.401 e. The van der Waals surface area contributed by atoms with Crippen LogP contribution in [0.15, 0.2) is 24.3 Å². The zero-order valence-electron chi connectivity index (χ0n) is 15.1. The van der Waals surface area contributed by atoms with Gasteiger partial charge in [0.2, 0.25) is 0 Å². The van der Waals surface area contributed by atoms with Gasteiger partial charge in [0, 0.05) is 17.5 Å². The van der Waals surface area contributed by atoms with Crippen molar-refractivity contribution in [1.82, 2.24) is 10.2 Å². The Morgan fingerprint density at radius 3 is 2.04 bits per heavy atom. The van der Waals surface area contributed by atoms with Crippen LogP contribution >= 0.6 is 0 Å². The Hall–Kier alpha value is -1.07. The average Bonchev–Trinajstić information content (AvgIpc) is 2.46. The standard InChI is InChI=1S/C19H29F3N2/c1-15-5-7-16(8-6-15)18(13-23-14-19(20,21)22)9-11-24(12-10-18)17(2,3)4/h5-8,23H,9-14H2,1-4H3. The Morgan fingerprint density at radius 1 is 1.04 bits per heavy atom. The second kappa shape index (κ2) is 7.04. The van der Waals surface area contributed by atoms with Crippen LogP contribution in [-0.4, -0.2) is 42.8 Å². The number of hydrogen-bond acceptors (Lipinski definition) is 2. The van der Waals surface area contributed by atoms with Gasteiger partial charge in [0.25, 0.3) is 0 Å². The minimum atomic E-state index is -4.17. The number of nitrogens with one attached hydrogen (secondary N) is 1. The van der Waals surface area contributed by atoms with Crippen LogP contribution in [0.3, 0.4) is 0 Å². The van der Waals surface area contributed by atoms with Gasteiger partial charge < -0.3 is 5.32 Å². The zero-order chi connectivity index (χ0) is 18.0. The molecule has 0 aromatic heterocycles. The van der Waals surface area contributed by atoms with E-state index in [1.165, 1.54) is 5.56 Å². The fraction of sp³-hybridized carbons (Fsp3) is 0.684. The lowest BCUT2D eigenvalue weighted by Crippen LogP contribution is -2.53. The molecule has 5 heteroatoms. The molecule has 1 aliphatic heterocycles. The Bertz CT molecular complexity index is 516. The Kier molecular flexibility index (Phi) is 5.65. The molecule has 0 bridgehead atoms. The van der Waals surface area contributed by atoms with E-state index in [0.29, 0.717) is 6.54 Å². The third-order valence-electron chi connectivity index (χ3n) is 5.12. The Labute approximate surface area is 143 Å². The summed E-state index contributed by atoms with van der Waals surface area (Å²) in [6, 6.07) is 8.27. The van der Waals surface area contributed by atoms with E-state index in [1.807, 2.05) is 6.92 Å². The maximum atomic E-state index is 12.5. The van der Waals surface area contributed by atoms with Crippen molar-refractivity contribution in [3.05, 3.63) is 35.4 Å². The van der Waals surface area contributed by atoms with Crippen LogP contribution in [0, 0.1) is 6.92 Å². The first-order valence-electron chi connectivity index (χ1n) is 8.62. The van der Waals surface area contributed by atoms with Gasteiger partial charge in [-0.05, 0) is 59.2 Å². The van der Waals surface area contributed by atoms with Gasteiger partial charge >= 0.3 is 6.18 Å².